The van der Waals surface area contributed by atoms with Crippen molar-refractivity contribution in [3.63, 3.8) is 0 Å². The summed E-state index contributed by atoms with van der Waals surface area (Å²) in [4.78, 5) is 7.29. The van der Waals surface area contributed by atoms with Crippen LogP contribution in [0.2, 0.25) is 0 Å². The maximum absolute atomic E-state index is 12.5. The van der Waals surface area contributed by atoms with Gasteiger partial charge in [-0.05, 0) is 43.5 Å². The van der Waals surface area contributed by atoms with E-state index in [9.17, 15) is 8.42 Å². The lowest BCUT2D eigenvalue weighted by Gasteiger charge is -2.34. The van der Waals surface area contributed by atoms with E-state index in [1.54, 1.807) is 18.3 Å². The fourth-order valence-corrected chi connectivity index (χ4v) is 4.07. The van der Waals surface area contributed by atoms with Gasteiger partial charge in [0.25, 0.3) is 0 Å². The number of piperidine rings is 1. The van der Waals surface area contributed by atoms with Gasteiger partial charge in [-0.3, -0.25) is 0 Å². The molecule has 122 valence electrons. The Balaban J connectivity index is 0.00000176. The molecule has 8 heteroatoms. The molecular weight excluding hydrogens is 324 g/mol. The van der Waals surface area contributed by atoms with E-state index >= 15 is 0 Å². The highest BCUT2D eigenvalue weighted by Crippen LogP contribution is 2.28. The fourth-order valence-electron chi connectivity index (χ4n) is 2.71. The molecule has 3 rings (SSSR count). The van der Waals surface area contributed by atoms with Crippen molar-refractivity contribution in [2.45, 2.75) is 24.7 Å². The molecule has 22 heavy (non-hydrogen) atoms. The van der Waals surface area contributed by atoms with Gasteiger partial charge >= 0.3 is 0 Å². The number of pyridine rings is 1. The molecule has 1 aliphatic heterocycles. The molecule has 0 aliphatic carbocycles. The number of halogens is 1. The fraction of sp³-hybridized carbons (Fsp3) is 0.500. The van der Waals surface area contributed by atoms with Crippen LogP contribution < -0.4 is 10.0 Å². The molecule has 0 spiro atoms. The van der Waals surface area contributed by atoms with Gasteiger partial charge in [-0.2, -0.15) is 0 Å². The monoisotopic (exact) mass is 344 g/mol. The maximum atomic E-state index is 12.5. The minimum atomic E-state index is -3.52. The first-order chi connectivity index (χ1) is 10.0. The van der Waals surface area contributed by atoms with E-state index in [4.69, 9.17) is 0 Å². The average Bonchev–Trinajstić information content (AvgIpc) is 2.91. The van der Waals surface area contributed by atoms with Crippen molar-refractivity contribution >= 4 is 33.5 Å². The summed E-state index contributed by atoms with van der Waals surface area (Å²) in [6, 6.07) is 3.50. The van der Waals surface area contributed by atoms with Crippen molar-refractivity contribution in [3.8, 4) is 0 Å². The molecule has 2 aromatic rings. The second kappa shape index (κ2) is 6.54. The normalized spacial score (nSPS) is 18.0. The topological polar surface area (TPSA) is 86.9 Å². The van der Waals surface area contributed by atoms with Gasteiger partial charge in [-0.15, -0.1) is 12.4 Å². The minimum absolute atomic E-state index is 0. The van der Waals surface area contributed by atoms with Gasteiger partial charge in [0.05, 0.1) is 0 Å². The molecule has 0 atom stereocenters. The van der Waals surface area contributed by atoms with Crippen LogP contribution in [0.5, 0.6) is 0 Å². The van der Waals surface area contributed by atoms with Crippen LogP contribution in [-0.2, 0) is 10.0 Å². The van der Waals surface area contributed by atoms with Crippen molar-refractivity contribution < 1.29 is 8.42 Å². The van der Waals surface area contributed by atoms with Gasteiger partial charge < -0.3 is 10.3 Å². The summed E-state index contributed by atoms with van der Waals surface area (Å²) < 4.78 is 27.8. The van der Waals surface area contributed by atoms with E-state index < -0.39 is 10.0 Å². The van der Waals surface area contributed by atoms with Crippen LogP contribution in [0.3, 0.4) is 0 Å². The van der Waals surface area contributed by atoms with Crippen LogP contribution >= 0.6 is 12.4 Å². The zero-order valence-electron chi connectivity index (χ0n) is 12.4. The Hall–Kier alpha value is -1.15. The Labute approximate surface area is 136 Å². The number of rotatable bonds is 4. The van der Waals surface area contributed by atoms with Gasteiger partial charge in [-0.25, -0.2) is 18.1 Å². The molecule has 1 saturated heterocycles. The van der Waals surface area contributed by atoms with Gasteiger partial charge in [0.1, 0.15) is 10.5 Å². The summed E-state index contributed by atoms with van der Waals surface area (Å²) in [6.07, 6.45) is 5.10. The first-order valence-electron chi connectivity index (χ1n) is 7.13. The number of sulfonamides is 1. The zero-order chi connectivity index (χ0) is 14.9. The molecule has 0 radical (unpaired) electrons. The van der Waals surface area contributed by atoms with Crippen molar-refractivity contribution in [1.82, 2.24) is 20.0 Å². The summed E-state index contributed by atoms with van der Waals surface area (Å²) in [5.41, 5.74) is 0.605. The molecule has 0 saturated carbocycles. The quantitative estimate of drug-likeness (QED) is 0.787. The summed E-state index contributed by atoms with van der Waals surface area (Å²) in [7, 11) is -3.52. The Morgan fingerprint density at radius 2 is 2.09 bits per heavy atom. The lowest BCUT2D eigenvalue weighted by atomic mass is 9.81. The number of hydrogen-bond donors (Lipinski definition) is 3. The van der Waals surface area contributed by atoms with Gasteiger partial charge in [0.15, 0.2) is 0 Å². The Kier molecular flexibility index (Phi) is 5.11. The van der Waals surface area contributed by atoms with Gasteiger partial charge in [0.2, 0.25) is 10.0 Å². The van der Waals surface area contributed by atoms with Crippen LogP contribution in [0, 0.1) is 5.41 Å². The van der Waals surface area contributed by atoms with Crippen molar-refractivity contribution in [3.05, 3.63) is 24.5 Å². The van der Waals surface area contributed by atoms with E-state index in [0.29, 0.717) is 17.6 Å². The van der Waals surface area contributed by atoms with E-state index in [-0.39, 0.29) is 22.7 Å². The third-order valence-corrected chi connectivity index (χ3v) is 5.64. The summed E-state index contributed by atoms with van der Waals surface area (Å²) in [5.74, 6) is 0. The minimum Gasteiger partial charge on any atom is -0.345 e. The molecule has 6 nitrogen and oxygen atoms in total. The van der Waals surface area contributed by atoms with E-state index in [2.05, 4.69) is 26.9 Å². The molecule has 3 heterocycles. The van der Waals surface area contributed by atoms with E-state index in [0.717, 1.165) is 25.9 Å². The number of aromatic amines is 1. The first kappa shape index (κ1) is 17.2. The van der Waals surface area contributed by atoms with Crippen LogP contribution in [0.25, 0.3) is 11.0 Å². The molecule has 0 unspecified atom stereocenters. The number of H-pyrrole nitrogens is 1. The lowest BCUT2D eigenvalue weighted by Crippen LogP contribution is -2.42. The van der Waals surface area contributed by atoms with Crippen LogP contribution in [0.15, 0.2) is 29.4 Å². The number of aromatic nitrogens is 2. The lowest BCUT2D eigenvalue weighted by molar-refractivity contribution is 0.232. The number of fused-ring (bicyclic) bond motifs is 1. The third-order valence-electron chi connectivity index (χ3n) is 4.20. The molecule has 2 aromatic heterocycles. The molecular formula is C14H21ClN4O2S. The molecule has 1 fully saturated rings. The second-order valence-corrected chi connectivity index (χ2v) is 7.67. The maximum Gasteiger partial charge on any atom is 0.242 e. The van der Waals surface area contributed by atoms with Crippen molar-refractivity contribution in [2.75, 3.05) is 19.6 Å². The van der Waals surface area contributed by atoms with Crippen LogP contribution in [0.4, 0.5) is 0 Å². The predicted octanol–water partition coefficient (Wildman–Crippen LogP) is 1.65. The largest absolute Gasteiger partial charge is 0.345 e. The highest BCUT2D eigenvalue weighted by molar-refractivity contribution is 7.89. The Morgan fingerprint density at radius 3 is 2.82 bits per heavy atom. The summed E-state index contributed by atoms with van der Waals surface area (Å²) in [6.45, 7) is 4.47. The predicted molar refractivity (Wildman–Crippen MR) is 88.7 cm³/mol. The SMILES string of the molecule is CC1(CNS(=O)(=O)c2c[nH]c3ncccc23)CCNCC1.Cl. The van der Waals surface area contributed by atoms with Crippen molar-refractivity contribution in [1.29, 1.82) is 0 Å². The summed E-state index contributed by atoms with van der Waals surface area (Å²) >= 11 is 0. The number of nitrogens with one attached hydrogen (secondary N) is 3. The standard InChI is InChI=1S/C14H20N4O2S.ClH/c1-14(4-7-15-8-5-14)10-18-21(19,20)12-9-17-13-11(12)3-2-6-16-13;/h2-3,6,9,15,18H,4-5,7-8,10H2,1H3,(H,16,17);1H. The van der Waals surface area contributed by atoms with Crippen molar-refractivity contribution in [2.24, 2.45) is 5.41 Å². The second-order valence-electron chi connectivity index (χ2n) is 5.94. The molecule has 0 amide bonds. The Bertz CT molecular complexity index is 738. The van der Waals surface area contributed by atoms with E-state index in [1.165, 1.54) is 6.20 Å². The number of nitrogens with zero attached hydrogens (tertiary/aromatic N) is 1. The van der Waals surface area contributed by atoms with E-state index in [1.807, 2.05) is 0 Å². The highest BCUT2D eigenvalue weighted by Gasteiger charge is 2.29. The molecule has 1 aliphatic rings. The molecule has 0 aromatic carbocycles. The Morgan fingerprint density at radius 1 is 1.36 bits per heavy atom. The zero-order valence-corrected chi connectivity index (χ0v) is 14.1. The number of hydrogen-bond acceptors (Lipinski definition) is 4. The third kappa shape index (κ3) is 3.43. The van der Waals surface area contributed by atoms with Gasteiger partial charge in [-0.1, -0.05) is 6.92 Å². The smallest absolute Gasteiger partial charge is 0.242 e. The van der Waals surface area contributed by atoms with Gasteiger partial charge in [0, 0.05) is 24.3 Å². The highest BCUT2D eigenvalue weighted by atomic mass is 35.5. The molecule has 3 N–H and O–H groups in total. The summed E-state index contributed by atoms with van der Waals surface area (Å²) in [5, 5.41) is 3.92. The molecule has 0 bridgehead atoms. The first-order valence-corrected chi connectivity index (χ1v) is 8.61. The average molecular weight is 345 g/mol. The van der Waals surface area contributed by atoms with Crippen LogP contribution in [0.1, 0.15) is 19.8 Å². The van der Waals surface area contributed by atoms with Crippen LogP contribution in [-0.4, -0.2) is 38.0 Å².